The van der Waals surface area contributed by atoms with E-state index in [4.69, 9.17) is 0 Å². The van der Waals surface area contributed by atoms with Crippen LogP contribution in [0.2, 0.25) is 0 Å². The van der Waals surface area contributed by atoms with E-state index >= 15 is 0 Å². The SMILES string of the molecule is Cc1nc(N2CC[C@H](O)C2)nc(C)c1C(=O)N1CC2CN(CCC(NC(=O)C3CCCC3)c3ccccc3)CC2C1. The van der Waals surface area contributed by atoms with Gasteiger partial charge >= 0.3 is 0 Å². The molecule has 4 fully saturated rings. The first-order chi connectivity index (χ1) is 19.9. The Kier molecular flexibility index (Phi) is 8.26. The normalized spacial score (nSPS) is 25.6. The molecule has 4 heterocycles. The maximum atomic E-state index is 13.6. The second-order valence-corrected chi connectivity index (χ2v) is 12.7. The molecule has 6 rings (SSSR count). The fourth-order valence-corrected chi connectivity index (χ4v) is 7.47. The van der Waals surface area contributed by atoms with Crippen molar-refractivity contribution >= 4 is 17.8 Å². The molecule has 41 heavy (non-hydrogen) atoms. The van der Waals surface area contributed by atoms with Crippen molar-refractivity contribution in [3.8, 4) is 0 Å². The molecule has 3 unspecified atom stereocenters. The van der Waals surface area contributed by atoms with Crippen molar-refractivity contribution in [1.29, 1.82) is 0 Å². The van der Waals surface area contributed by atoms with Crippen LogP contribution in [0.3, 0.4) is 0 Å². The highest BCUT2D eigenvalue weighted by Gasteiger charge is 2.42. The smallest absolute Gasteiger partial charge is 0.257 e. The van der Waals surface area contributed by atoms with E-state index in [1.807, 2.05) is 29.7 Å². The van der Waals surface area contributed by atoms with Crippen LogP contribution < -0.4 is 10.2 Å². The third kappa shape index (κ3) is 6.11. The first-order valence-corrected chi connectivity index (χ1v) is 15.5. The Morgan fingerprint density at radius 1 is 0.951 bits per heavy atom. The van der Waals surface area contributed by atoms with Gasteiger partial charge in [-0.2, -0.15) is 0 Å². The van der Waals surface area contributed by atoms with Gasteiger partial charge in [0.05, 0.1) is 29.1 Å². The molecule has 4 aliphatic rings. The molecule has 1 aromatic carbocycles. The standard InChI is InChI=1S/C32H44N6O3/c1-21-29(22(2)34-32(33-21)37-15-12-27(39)20-37)31(41)38-18-25-16-36(17-26(25)19-38)14-13-28(23-8-4-3-5-9-23)35-30(40)24-10-6-7-11-24/h3-5,8-9,24-28,39H,6-7,10-20H2,1-2H3,(H,35,40)/t25?,26?,27-,28?/m0/s1. The van der Waals surface area contributed by atoms with Gasteiger partial charge in [0.2, 0.25) is 11.9 Å². The number of aryl methyl sites for hydroxylation is 2. The third-order valence-electron chi connectivity index (χ3n) is 9.75. The van der Waals surface area contributed by atoms with Crippen molar-refractivity contribution in [1.82, 2.24) is 25.1 Å². The molecule has 220 valence electrons. The van der Waals surface area contributed by atoms with Gasteiger partial charge in [0.1, 0.15) is 0 Å². The summed E-state index contributed by atoms with van der Waals surface area (Å²) in [5.41, 5.74) is 3.22. The van der Waals surface area contributed by atoms with Crippen molar-refractivity contribution in [3.05, 3.63) is 52.8 Å². The second-order valence-electron chi connectivity index (χ2n) is 12.7. The minimum Gasteiger partial charge on any atom is -0.391 e. The molecule has 2 aromatic rings. The van der Waals surface area contributed by atoms with Gasteiger partial charge in [-0.15, -0.1) is 0 Å². The zero-order chi connectivity index (χ0) is 28.5. The Bertz CT molecular complexity index is 1210. The number of β-amino-alcohol motifs (C(OH)–C–C–N with tert-alkyl or cyclic N) is 1. The predicted octanol–water partition coefficient (Wildman–Crippen LogP) is 3.11. The fraction of sp³-hybridized carbons (Fsp3) is 0.625. The molecule has 3 saturated heterocycles. The lowest BCUT2D eigenvalue weighted by molar-refractivity contribution is -0.125. The van der Waals surface area contributed by atoms with E-state index in [-0.39, 0.29) is 29.9 Å². The van der Waals surface area contributed by atoms with Crippen LogP contribution >= 0.6 is 0 Å². The average molecular weight is 561 g/mol. The lowest BCUT2D eigenvalue weighted by atomic mass is 10.0. The van der Waals surface area contributed by atoms with Gasteiger partial charge < -0.3 is 25.1 Å². The lowest BCUT2D eigenvalue weighted by Crippen LogP contribution is -2.37. The zero-order valence-electron chi connectivity index (χ0n) is 24.5. The minimum absolute atomic E-state index is 0.0283. The van der Waals surface area contributed by atoms with Crippen LogP contribution in [-0.2, 0) is 4.79 Å². The maximum Gasteiger partial charge on any atom is 0.257 e. The molecular formula is C32H44N6O3. The van der Waals surface area contributed by atoms with Gasteiger partial charge in [0.15, 0.2) is 0 Å². The monoisotopic (exact) mass is 560 g/mol. The Morgan fingerprint density at radius 2 is 1.61 bits per heavy atom. The number of benzene rings is 1. The van der Waals surface area contributed by atoms with Crippen LogP contribution in [0.25, 0.3) is 0 Å². The first-order valence-electron chi connectivity index (χ1n) is 15.5. The summed E-state index contributed by atoms with van der Waals surface area (Å²) in [7, 11) is 0. The Hall–Kier alpha value is -3.04. The van der Waals surface area contributed by atoms with E-state index in [2.05, 4.69) is 44.5 Å². The van der Waals surface area contributed by atoms with Gasteiger partial charge in [-0.25, -0.2) is 9.97 Å². The van der Waals surface area contributed by atoms with Crippen molar-refractivity contribution in [2.24, 2.45) is 17.8 Å². The quantitative estimate of drug-likeness (QED) is 0.512. The van der Waals surface area contributed by atoms with E-state index in [1.165, 1.54) is 5.56 Å². The molecule has 1 aromatic heterocycles. The molecule has 4 atom stereocenters. The highest BCUT2D eigenvalue weighted by Crippen LogP contribution is 2.34. The van der Waals surface area contributed by atoms with Crippen molar-refractivity contribution in [2.75, 3.05) is 50.7 Å². The van der Waals surface area contributed by atoms with Crippen LogP contribution in [0, 0.1) is 31.6 Å². The summed E-state index contributed by atoms with van der Waals surface area (Å²) in [5.74, 6) is 1.95. The van der Waals surface area contributed by atoms with Crippen LogP contribution in [0.5, 0.6) is 0 Å². The lowest BCUT2D eigenvalue weighted by Gasteiger charge is -2.26. The maximum absolute atomic E-state index is 13.6. The zero-order valence-corrected chi connectivity index (χ0v) is 24.5. The third-order valence-corrected chi connectivity index (χ3v) is 9.75. The first kappa shape index (κ1) is 28.1. The highest BCUT2D eigenvalue weighted by molar-refractivity contribution is 5.96. The molecule has 3 aliphatic heterocycles. The number of anilines is 1. The fourth-order valence-electron chi connectivity index (χ4n) is 7.47. The summed E-state index contributed by atoms with van der Waals surface area (Å²) in [5, 5.41) is 13.3. The number of aliphatic hydroxyl groups is 1. The van der Waals surface area contributed by atoms with Gasteiger partial charge in [0, 0.05) is 51.7 Å². The molecule has 1 aliphatic carbocycles. The number of carbonyl (C=O) groups is 2. The van der Waals surface area contributed by atoms with E-state index < -0.39 is 0 Å². The van der Waals surface area contributed by atoms with Crippen LogP contribution in [0.15, 0.2) is 30.3 Å². The number of carbonyl (C=O) groups excluding carboxylic acids is 2. The number of hydrogen-bond donors (Lipinski definition) is 2. The van der Waals surface area contributed by atoms with Crippen molar-refractivity contribution < 1.29 is 14.7 Å². The molecule has 0 spiro atoms. The number of rotatable bonds is 8. The topological polar surface area (TPSA) is 102 Å². The minimum atomic E-state index is -0.344. The summed E-state index contributed by atoms with van der Waals surface area (Å²) in [6.45, 7) is 9.49. The Morgan fingerprint density at radius 3 is 2.22 bits per heavy atom. The molecule has 0 radical (unpaired) electrons. The molecule has 2 N–H and O–H groups in total. The summed E-state index contributed by atoms with van der Waals surface area (Å²) >= 11 is 0. The number of likely N-dealkylation sites (tertiary alicyclic amines) is 2. The Balaban J connectivity index is 1.04. The van der Waals surface area contributed by atoms with Gasteiger partial charge in [0.25, 0.3) is 5.91 Å². The summed E-state index contributed by atoms with van der Waals surface area (Å²) < 4.78 is 0. The average Bonchev–Trinajstić information content (AvgIpc) is 3.76. The van der Waals surface area contributed by atoms with Gasteiger partial charge in [-0.05, 0) is 56.9 Å². The van der Waals surface area contributed by atoms with Crippen LogP contribution in [0.1, 0.15) is 71.9 Å². The number of aliphatic hydroxyl groups excluding tert-OH is 1. The largest absolute Gasteiger partial charge is 0.391 e. The summed E-state index contributed by atoms with van der Waals surface area (Å²) in [6, 6.07) is 10.4. The number of aromatic nitrogens is 2. The molecular weight excluding hydrogens is 516 g/mol. The van der Waals surface area contributed by atoms with Gasteiger partial charge in [-0.3, -0.25) is 9.59 Å². The van der Waals surface area contributed by atoms with Crippen molar-refractivity contribution in [3.63, 3.8) is 0 Å². The van der Waals surface area contributed by atoms with E-state index in [0.717, 1.165) is 77.8 Å². The number of fused-ring (bicyclic) bond motifs is 1. The summed E-state index contributed by atoms with van der Waals surface area (Å²) in [4.78, 5) is 42.4. The van der Waals surface area contributed by atoms with E-state index in [1.54, 1.807) is 0 Å². The van der Waals surface area contributed by atoms with Crippen molar-refractivity contribution in [2.45, 2.75) is 64.5 Å². The number of nitrogens with zero attached hydrogens (tertiary/aromatic N) is 5. The Labute approximate surface area is 243 Å². The second kappa shape index (κ2) is 12.1. The van der Waals surface area contributed by atoms with Crippen LogP contribution in [-0.4, -0.2) is 88.6 Å². The van der Waals surface area contributed by atoms with Crippen LogP contribution in [0.4, 0.5) is 5.95 Å². The molecule has 2 amide bonds. The van der Waals surface area contributed by atoms with E-state index in [0.29, 0.717) is 41.3 Å². The summed E-state index contributed by atoms with van der Waals surface area (Å²) in [6.07, 6.45) is 5.60. The number of nitrogens with one attached hydrogen (secondary N) is 1. The number of hydrogen-bond acceptors (Lipinski definition) is 7. The molecule has 1 saturated carbocycles. The predicted molar refractivity (Wildman–Crippen MR) is 158 cm³/mol. The van der Waals surface area contributed by atoms with Gasteiger partial charge in [-0.1, -0.05) is 43.2 Å². The number of amides is 2. The van der Waals surface area contributed by atoms with E-state index in [9.17, 15) is 14.7 Å². The molecule has 9 nitrogen and oxygen atoms in total. The molecule has 0 bridgehead atoms. The highest BCUT2D eigenvalue weighted by atomic mass is 16.3. The molecule has 9 heteroatoms.